The molecule has 2 N–H and O–H groups in total. The second kappa shape index (κ2) is 4.54. The van der Waals surface area contributed by atoms with Gasteiger partial charge in [0.25, 0.3) is 0 Å². The van der Waals surface area contributed by atoms with E-state index in [4.69, 9.17) is 9.47 Å². The van der Waals surface area contributed by atoms with E-state index in [2.05, 4.69) is 20.4 Å². The molecule has 0 aromatic heterocycles. The first-order valence-electron chi connectivity index (χ1n) is 7.56. The van der Waals surface area contributed by atoms with Crippen LogP contribution in [0.25, 0.3) is 0 Å². The fourth-order valence-electron chi connectivity index (χ4n) is 5.08. The number of aliphatic hydroxyl groups is 2. The van der Waals surface area contributed by atoms with Crippen LogP contribution in [-0.4, -0.2) is 42.4 Å². The summed E-state index contributed by atoms with van der Waals surface area (Å²) in [4.78, 5) is 0. The highest BCUT2D eigenvalue weighted by Crippen LogP contribution is 2.66. The molecule has 3 rings (SSSR count). The number of methoxy groups -OCH3 is 1. The molecule has 0 bridgehead atoms. The van der Waals surface area contributed by atoms with Crippen molar-refractivity contribution in [3.8, 4) is 0 Å². The summed E-state index contributed by atoms with van der Waals surface area (Å²) in [5, 5.41) is 21.2. The lowest BCUT2D eigenvalue weighted by atomic mass is 9.61. The second-order valence-electron chi connectivity index (χ2n) is 7.22. The zero-order valence-corrected chi connectivity index (χ0v) is 12.6. The maximum atomic E-state index is 11.2. The Bertz CT molecular complexity index is 423. The fourth-order valence-corrected chi connectivity index (χ4v) is 5.08. The molecule has 7 unspecified atom stereocenters. The van der Waals surface area contributed by atoms with Gasteiger partial charge in [-0.2, -0.15) is 0 Å². The van der Waals surface area contributed by atoms with Gasteiger partial charge in [-0.05, 0) is 36.7 Å². The van der Waals surface area contributed by atoms with E-state index in [0.29, 0.717) is 6.61 Å². The van der Waals surface area contributed by atoms with Crippen LogP contribution in [0.15, 0.2) is 12.2 Å². The molecule has 1 aliphatic heterocycles. The normalized spacial score (nSPS) is 55.5. The summed E-state index contributed by atoms with van der Waals surface area (Å²) in [5.41, 5.74) is 0.230. The monoisotopic (exact) mass is 282 g/mol. The molecule has 0 aromatic rings. The van der Waals surface area contributed by atoms with Crippen molar-refractivity contribution in [2.75, 3.05) is 13.7 Å². The van der Waals surface area contributed by atoms with E-state index < -0.39 is 17.8 Å². The molecule has 0 amide bonds. The average molecular weight is 282 g/mol. The second-order valence-corrected chi connectivity index (χ2v) is 7.22. The molecule has 0 aromatic carbocycles. The van der Waals surface area contributed by atoms with Crippen LogP contribution in [0, 0.1) is 22.7 Å². The van der Waals surface area contributed by atoms with Crippen molar-refractivity contribution in [3.05, 3.63) is 12.2 Å². The zero-order valence-electron chi connectivity index (χ0n) is 12.6. The summed E-state index contributed by atoms with van der Waals surface area (Å²) in [6.07, 6.45) is 1.10. The van der Waals surface area contributed by atoms with E-state index in [0.717, 1.165) is 24.8 Å². The van der Waals surface area contributed by atoms with Crippen molar-refractivity contribution < 1.29 is 19.7 Å². The third-order valence-electron chi connectivity index (χ3n) is 6.49. The molecule has 114 valence electrons. The Morgan fingerprint density at radius 3 is 2.70 bits per heavy atom. The standard InChI is InChI=1S/C16H26O4/c1-9-5-12(17)6-11-7-16(13(18)15(9,11)3)10(2)8-20-14(16)19-4/h9,11-14,17-18H,2,5-8H2,1,3-4H3. The van der Waals surface area contributed by atoms with Crippen molar-refractivity contribution >= 4 is 0 Å². The lowest BCUT2D eigenvalue weighted by Gasteiger charge is -2.47. The summed E-state index contributed by atoms with van der Waals surface area (Å²) in [7, 11) is 1.63. The molecule has 0 radical (unpaired) electrons. The summed E-state index contributed by atoms with van der Waals surface area (Å²) < 4.78 is 11.2. The van der Waals surface area contributed by atoms with Crippen LogP contribution < -0.4 is 0 Å². The largest absolute Gasteiger partial charge is 0.393 e. The Balaban J connectivity index is 2.03. The third-order valence-corrected chi connectivity index (χ3v) is 6.49. The molecule has 1 saturated heterocycles. The minimum atomic E-state index is -0.526. The lowest BCUT2D eigenvalue weighted by Crippen LogP contribution is -2.50. The number of fused-ring (bicyclic) bond motifs is 1. The third kappa shape index (κ3) is 1.56. The maximum absolute atomic E-state index is 11.2. The number of ether oxygens (including phenoxy) is 2. The molecule has 7 atom stereocenters. The number of rotatable bonds is 1. The van der Waals surface area contributed by atoms with Gasteiger partial charge in [-0.25, -0.2) is 0 Å². The highest BCUT2D eigenvalue weighted by molar-refractivity contribution is 5.27. The summed E-state index contributed by atoms with van der Waals surface area (Å²) >= 11 is 0. The van der Waals surface area contributed by atoms with Gasteiger partial charge >= 0.3 is 0 Å². The van der Waals surface area contributed by atoms with E-state index >= 15 is 0 Å². The van der Waals surface area contributed by atoms with E-state index in [-0.39, 0.29) is 23.4 Å². The molecule has 2 aliphatic carbocycles. The van der Waals surface area contributed by atoms with Crippen LogP contribution in [0.3, 0.4) is 0 Å². The van der Waals surface area contributed by atoms with Crippen molar-refractivity contribution in [1.29, 1.82) is 0 Å². The number of hydrogen-bond acceptors (Lipinski definition) is 4. The van der Waals surface area contributed by atoms with E-state index in [1.165, 1.54) is 0 Å². The molecule has 4 nitrogen and oxygen atoms in total. The van der Waals surface area contributed by atoms with Crippen LogP contribution >= 0.6 is 0 Å². The van der Waals surface area contributed by atoms with Crippen molar-refractivity contribution in [2.24, 2.45) is 22.7 Å². The Morgan fingerprint density at radius 2 is 2.05 bits per heavy atom. The minimum absolute atomic E-state index is 0.202. The summed E-state index contributed by atoms with van der Waals surface area (Å²) in [6.45, 7) is 8.89. The Hall–Kier alpha value is -0.420. The highest BCUT2D eigenvalue weighted by atomic mass is 16.7. The Kier molecular flexibility index (Phi) is 3.29. The first-order chi connectivity index (χ1) is 9.37. The first-order valence-corrected chi connectivity index (χ1v) is 7.56. The van der Waals surface area contributed by atoms with Crippen LogP contribution in [0.5, 0.6) is 0 Å². The maximum Gasteiger partial charge on any atom is 0.169 e. The quantitative estimate of drug-likeness (QED) is 0.719. The van der Waals surface area contributed by atoms with Crippen LogP contribution in [0.4, 0.5) is 0 Å². The Morgan fingerprint density at radius 1 is 1.35 bits per heavy atom. The molecule has 2 saturated carbocycles. The van der Waals surface area contributed by atoms with Gasteiger partial charge in [0.1, 0.15) is 0 Å². The van der Waals surface area contributed by atoms with Gasteiger partial charge in [-0.3, -0.25) is 0 Å². The Labute approximate surface area is 120 Å². The molecule has 4 heteroatoms. The highest BCUT2D eigenvalue weighted by Gasteiger charge is 2.68. The molecule has 1 spiro atoms. The van der Waals surface area contributed by atoms with Crippen molar-refractivity contribution in [2.45, 2.75) is 51.6 Å². The van der Waals surface area contributed by atoms with Crippen LogP contribution in [0.2, 0.25) is 0 Å². The minimum Gasteiger partial charge on any atom is -0.393 e. The zero-order chi connectivity index (χ0) is 14.7. The smallest absolute Gasteiger partial charge is 0.169 e. The number of aliphatic hydroxyl groups excluding tert-OH is 2. The van der Waals surface area contributed by atoms with Gasteiger partial charge in [0.15, 0.2) is 6.29 Å². The van der Waals surface area contributed by atoms with Gasteiger partial charge in [0.05, 0.1) is 24.2 Å². The lowest BCUT2D eigenvalue weighted by molar-refractivity contribution is -0.175. The van der Waals surface area contributed by atoms with E-state index in [9.17, 15) is 10.2 Å². The fraction of sp³-hybridized carbons (Fsp3) is 0.875. The molecule has 3 fully saturated rings. The molecular weight excluding hydrogens is 256 g/mol. The molecule has 3 aliphatic rings. The van der Waals surface area contributed by atoms with Crippen molar-refractivity contribution in [3.63, 3.8) is 0 Å². The topological polar surface area (TPSA) is 58.9 Å². The van der Waals surface area contributed by atoms with Gasteiger partial charge < -0.3 is 19.7 Å². The predicted molar refractivity (Wildman–Crippen MR) is 74.9 cm³/mol. The predicted octanol–water partition coefficient (Wildman–Crippen LogP) is 1.71. The van der Waals surface area contributed by atoms with E-state index in [1.807, 2.05) is 0 Å². The summed E-state index contributed by atoms with van der Waals surface area (Å²) in [6, 6.07) is 0. The average Bonchev–Trinajstić information content (AvgIpc) is 2.82. The van der Waals surface area contributed by atoms with Gasteiger partial charge in [-0.1, -0.05) is 20.4 Å². The van der Waals surface area contributed by atoms with Gasteiger partial charge in [0.2, 0.25) is 0 Å². The number of hydrogen-bond donors (Lipinski definition) is 2. The first kappa shape index (κ1) is 14.5. The van der Waals surface area contributed by atoms with Gasteiger partial charge in [-0.15, -0.1) is 0 Å². The van der Waals surface area contributed by atoms with Crippen molar-refractivity contribution in [1.82, 2.24) is 0 Å². The summed E-state index contributed by atoms with van der Waals surface area (Å²) in [5.74, 6) is 0.559. The molecule has 20 heavy (non-hydrogen) atoms. The van der Waals surface area contributed by atoms with Crippen LogP contribution in [-0.2, 0) is 9.47 Å². The SMILES string of the molecule is C=C1COC(OC)C12CC1CC(O)CC(C)C1(C)C2O. The van der Waals surface area contributed by atoms with Gasteiger partial charge in [0, 0.05) is 12.5 Å². The molecule has 1 heterocycles. The van der Waals surface area contributed by atoms with E-state index in [1.54, 1.807) is 7.11 Å². The van der Waals surface area contributed by atoms with Crippen LogP contribution in [0.1, 0.15) is 33.1 Å². The molecular formula is C16H26O4.